The molecule has 0 saturated carbocycles. The normalized spacial score (nSPS) is 18.8. The maximum Gasteiger partial charge on any atom is 0.0851 e. The van der Waals surface area contributed by atoms with E-state index in [1.54, 1.807) is 0 Å². The van der Waals surface area contributed by atoms with Crippen molar-refractivity contribution >= 4 is 0 Å². The van der Waals surface area contributed by atoms with Gasteiger partial charge in [-0.1, -0.05) is 104 Å². The minimum absolute atomic E-state index is 0.0217. The first kappa shape index (κ1) is 22.7. The number of hydrogen-bond donors (Lipinski definition) is 2. The third-order valence-electron chi connectivity index (χ3n) is 6.62. The van der Waals surface area contributed by atoms with Gasteiger partial charge in [0.1, 0.15) is 0 Å². The Hall–Kier alpha value is -2.46. The van der Waals surface area contributed by atoms with E-state index in [2.05, 4.69) is 101 Å². The maximum atomic E-state index is 11.7. The second-order valence-electron chi connectivity index (χ2n) is 9.03. The first-order chi connectivity index (χ1) is 15.8. The molecule has 32 heavy (non-hydrogen) atoms. The number of aliphatic hydroxyl groups excluding tert-OH is 1. The molecule has 0 spiro atoms. The molecule has 1 aliphatic heterocycles. The van der Waals surface area contributed by atoms with E-state index >= 15 is 0 Å². The van der Waals surface area contributed by atoms with Crippen molar-refractivity contribution in [3.8, 4) is 0 Å². The van der Waals surface area contributed by atoms with Gasteiger partial charge in [0.15, 0.2) is 0 Å². The summed E-state index contributed by atoms with van der Waals surface area (Å²) >= 11 is 0. The Morgan fingerprint density at radius 3 is 1.81 bits per heavy atom. The minimum atomic E-state index is -0.430. The van der Waals surface area contributed by atoms with Crippen molar-refractivity contribution in [3.05, 3.63) is 108 Å². The van der Waals surface area contributed by atoms with Gasteiger partial charge in [-0.15, -0.1) is 0 Å². The van der Waals surface area contributed by atoms with Crippen molar-refractivity contribution in [1.82, 2.24) is 10.2 Å². The number of aliphatic hydroxyl groups is 1. The summed E-state index contributed by atoms with van der Waals surface area (Å²) in [7, 11) is 0. The van der Waals surface area contributed by atoms with Crippen LogP contribution in [0.4, 0.5) is 0 Å². The van der Waals surface area contributed by atoms with Crippen molar-refractivity contribution in [2.24, 2.45) is 0 Å². The molecule has 4 rings (SSSR count). The highest BCUT2D eigenvalue weighted by molar-refractivity contribution is 5.20. The van der Waals surface area contributed by atoms with Crippen molar-refractivity contribution < 1.29 is 5.11 Å². The lowest BCUT2D eigenvalue weighted by molar-refractivity contribution is 0.0142. The quantitative estimate of drug-likeness (QED) is 0.492. The van der Waals surface area contributed by atoms with Gasteiger partial charge < -0.3 is 10.4 Å². The van der Waals surface area contributed by atoms with E-state index in [1.807, 2.05) is 0 Å². The van der Waals surface area contributed by atoms with Gasteiger partial charge in [-0.05, 0) is 42.5 Å². The number of benzene rings is 3. The first-order valence-corrected chi connectivity index (χ1v) is 12.1. The zero-order valence-electron chi connectivity index (χ0n) is 18.9. The van der Waals surface area contributed by atoms with Crippen LogP contribution in [0, 0.1) is 0 Å². The number of nitrogens with one attached hydrogen (secondary N) is 1. The third-order valence-corrected chi connectivity index (χ3v) is 6.62. The molecule has 3 heteroatoms. The van der Waals surface area contributed by atoms with E-state index in [-0.39, 0.29) is 12.1 Å². The van der Waals surface area contributed by atoms with Crippen molar-refractivity contribution in [1.29, 1.82) is 0 Å². The third kappa shape index (κ3) is 6.52. The van der Waals surface area contributed by atoms with Crippen molar-refractivity contribution in [2.75, 3.05) is 6.54 Å². The summed E-state index contributed by atoms with van der Waals surface area (Å²) in [6.45, 7) is 2.63. The highest BCUT2D eigenvalue weighted by atomic mass is 16.3. The molecular weight excluding hydrogens is 392 g/mol. The topological polar surface area (TPSA) is 35.5 Å². The first-order valence-electron chi connectivity index (χ1n) is 12.1. The molecule has 168 valence electrons. The molecule has 0 aromatic heterocycles. The van der Waals surface area contributed by atoms with Crippen LogP contribution in [0.25, 0.3) is 0 Å². The van der Waals surface area contributed by atoms with Crippen molar-refractivity contribution in [3.63, 3.8) is 0 Å². The van der Waals surface area contributed by atoms with Gasteiger partial charge in [0.2, 0.25) is 0 Å². The molecule has 0 radical (unpaired) electrons. The smallest absolute Gasteiger partial charge is 0.0851 e. The Morgan fingerprint density at radius 2 is 1.25 bits per heavy atom. The molecule has 1 fully saturated rings. The molecule has 1 heterocycles. The molecule has 3 aromatic carbocycles. The molecule has 0 amide bonds. The van der Waals surface area contributed by atoms with Crippen LogP contribution >= 0.6 is 0 Å². The largest absolute Gasteiger partial charge is 0.390 e. The maximum absolute atomic E-state index is 11.7. The number of rotatable bonds is 9. The molecule has 1 aliphatic rings. The Morgan fingerprint density at radius 1 is 0.719 bits per heavy atom. The summed E-state index contributed by atoms with van der Waals surface area (Å²) in [6.07, 6.45) is 5.07. The van der Waals surface area contributed by atoms with E-state index in [0.717, 1.165) is 32.5 Å². The van der Waals surface area contributed by atoms with Crippen molar-refractivity contribution in [2.45, 2.75) is 63.4 Å². The zero-order chi connectivity index (χ0) is 22.0. The summed E-state index contributed by atoms with van der Waals surface area (Å²) in [4.78, 5) is 2.48. The fraction of sp³-hybridized carbons (Fsp3) is 0.379. The highest BCUT2D eigenvalue weighted by Crippen LogP contribution is 2.23. The fourth-order valence-corrected chi connectivity index (χ4v) is 4.86. The number of hydrogen-bond acceptors (Lipinski definition) is 3. The average Bonchev–Trinajstić information content (AvgIpc) is 3.13. The fourth-order valence-electron chi connectivity index (χ4n) is 4.86. The Bertz CT molecular complexity index is 851. The molecule has 3 aromatic rings. The predicted molar refractivity (Wildman–Crippen MR) is 132 cm³/mol. The van der Waals surface area contributed by atoms with Gasteiger partial charge in [-0.2, -0.15) is 0 Å². The van der Waals surface area contributed by atoms with E-state index in [4.69, 9.17) is 0 Å². The van der Waals surface area contributed by atoms with Gasteiger partial charge in [0.05, 0.1) is 6.10 Å². The van der Waals surface area contributed by atoms with E-state index in [9.17, 15) is 5.11 Å². The second kappa shape index (κ2) is 12.0. The molecule has 0 aliphatic carbocycles. The van der Waals surface area contributed by atoms with Crippen LogP contribution in [0.3, 0.4) is 0 Å². The van der Waals surface area contributed by atoms with Gasteiger partial charge in [-0.3, -0.25) is 4.90 Å². The van der Waals surface area contributed by atoms with Gasteiger partial charge >= 0.3 is 0 Å². The molecule has 3 nitrogen and oxygen atoms in total. The van der Waals surface area contributed by atoms with Crippen LogP contribution in [0.2, 0.25) is 0 Å². The summed E-state index contributed by atoms with van der Waals surface area (Å²) in [5.74, 6) is 0. The predicted octanol–water partition coefficient (Wildman–Crippen LogP) is 5.19. The lowest BCUT2D eigenvalue weighted by atomic mass is 9.92. The second-order valence-corrected chi connectivity index (χ2v) is 9.03. The minimum Gasteiger partial charge on any atom is -0.390 e. The summed E-state index contributed by atoms with van der Waals surface area (Å²) in [5.41, 5.74) is 3.83. The SMILES string of the molecule is OC(C1CCCCCN1)C(Cc1ccccc1)N(Cc1ccccc1)Cc1ccccc1. The number of nitrogens with zero attached hydrogens (tertiary/aromatic N) is 1. The van der Waals surface area contributed by atoms with E-state index in [1.165, 1.54) is 36.0 Å². The highest BCUT2D eigenvalue weighted by Gasteiger charge is 2.32. The van der Waals surface area contributed by atoms with E-state index < -0.39 is 6.10 Å². The molecule has 2 N–H and O–H groups in total. The molecule has 0 bridgehead atoms. The average molecular weight is 429 g/mol. The van der Waals surface area contributed by atoms with Crippen LogP contribution in [-0.2, 0) is 19.5 Å². The Kier molecular flexibility index (Phi) is 8.49. The zero-order valence-corrected chi connectivity index (χ0v) is 18.9. The standard InChI is InChI=1S/C29H36N2O/c32-29(27-19-11-4-12-20-30-27)28(21-24-13-5-1-6-14-24)31(22-25-15-7-2-8-16-25)23-26-17-9-3-10-18-26/h1-3,5-10,13-18,27-30,32H,4,11-12,19-23H2. The summed E-state index contributed by atoms with van der Waals surface area (Å²) < 4.78 is 0. The molecular formula is C29H36N2O. The van der Waals surface area contributed by atoms with Crippen LogP contribution in [0.1, 0.15) is 42.4 Å². The lowest BCUT2D eigenvalue weighted by Gasteiger charge is -2.38. The van der Waals surface area contributed by atoms with Crippen LogP contribution in [0.5, 0.6) is 0 Å². The Labute approximate surface area is 193 Å². The van der Waals surface area contributed by atoms with Crippen LogP contribution in [0.15, 0.2) is 91.0 Å². The van der Waals surface area contributed by atoms with Gasteiger partial charge in [0, 0.05) is 25.2 Å². The monoisotopic (exact) mass is 428 g/mol. The van der Waals surface area contributed by atoms with Crippen LogP contribution < -0.4 is 5.32 Å². The molecule has 3 unspecified atom stereocenters. The summed E-state index contributed by atoms with van der Waals surface area (Å²) in [6, 6.07) is 32.1. The lowest BCUT2D eigenvalue weighted by Crippen LogP contribution is -2.53. The summed E-state index contributed by atoms with van der Waals surface area (Å²) in [5, 5.41) is 15.4. The van der Waals surface area contributed by atoms with Crippen LogP contribution in [-0.4, -0.2) is 34.7 Å². The Balaban J connectivity index is 1.64. The molecule has 3 atom stereocenters. The van der Waals surface area contributed by atoms with E-state index in [0.29, 0.717) is 0 Å². The molecule has 1 saturated heterocycles. The van der Waals surface area contributed by atoms with Gasteiger partial charge in [-0.25, -0.2) is 0 Å². The van der Waals surface area contributed by atoms with Gasteiger partial charge in [0.25, 0.3) is 0 Å².